The van der Waals surface area contributed by atoms with Crippen molar-refractivity contribution in [3.8, 4) is 0 Å². The van der Waals surface area contributed by atoms with Crippen molar-refractivity contribution in [1.82, 2.24) is 0 Å². The molecule has 1 amide bonds. The van der Waals surface area contributed by atoms with Gasteiger partial charge in [0.2, 0.25) is 5.91 Å². The van der Waals surface area contributed by atoms with Gasteiger partial charge in [0.25, 0.3) is 0 Å². The molecule has 1 rings (SSSR count). The molecule has 1 N–H and O–H groups in total. The predicted octanol–water partition coefficient (Wildman–Crippen LogP) is 5.01. The molecule has 0 fully saturated rings. The third-order valence-corrected chi connectivity index (χ3v) is 3.69. The van der Waals surface area contributed by atoms with E-state index in [0.717, 1.165) is 23.0 Å². The van der Waals surface area contributed by atoms with Crippen molar-refractivity contribution in [2.75, 3.05) is 5.32 Å². The number of anilines is 1. The van der Waals surface area contributed by atoms with E-state index >= 15 is 0 Å². The Labute approximate surface area is 116 Å². The van der Waals surface area contributed by atoms with Crippen molar-refractivity contribution in [3.05, 3.63) is 27.7 Å². The van der Waals surface area contributed by atoms with Gasteiger partial charge in [-0.25, -0.2) is 0 Å². The number of carbonyl (C=O) groups is 1. The molecular formula is C13H17BrClNO. The maximum Gasteiger partial charge on any atom is 0.224 e. The number of hydrogen-bond acceptors (Lipinski definition) is 1. The van der Waals surface area contributed by atoms with Crippen LogP contribution in [0.4, 0.5) is 5.69 Å². The standard InChI is InChI=1S/C13H17BrClNO/c1-2-3-4-5-6-13(17)16-10-7-8-11(14)12(15)9-10/h7-9H,2-6H2,1H3,(H,16,17). The normalized spacial score (nSPS) is 10.3. The number of amides is 1. The van der Waals surface area contributed by atoms with Crippen molar-refractivity contribution in [2.45, 2.75) is 39.0 Å². The van der Waals surface area contributed by atoms with E-state index in [9.17, 15) is 4.79 Å². The molecule has 0 saturated carbocycles. The van der Waals surface area contributed by atoms with Crippen LogP contribution in [0.2, 0.25) is 5.02 Å². The van der Waals surface area contributed by atoms with Crippen LogP contribution in [0.15, 0.2) is 22.7 Å². The molecule has 2 nitrogen and oxygen atoms in total. The third kappa shape index (κ3) is 5.55. The lowest BCUT2D eigenvalue weighted by atomic mass is 10.1. The van der Waals surface area contributed by atoms with Crippen LogP contribution in [-0.4, -0.2) is 5.91 Å². The molecule has 0 saturated heterocycles. The van der Waals surface area contributed by atoms with E-state index in [-0.39, 0.29) is 5.91 Å². The fraction of sp³-hybridized carbons (Fsp3) is 0.462. The van der Waals surface area contributed by atoms with Crippen LogP contribution in [0.5, 0.6) is 0 Å². The van der Waals surface area contributed by atoms with Crippen LogP contribution in [0.25, 0.3) is 0 Å². The average molecular weight is 319 g/mol. The number of carbonyl (C=O) groups excluding carboxylic acids is 1. The van der Waals surface area contributed by atoms with E-state index in [1.54, 1.807) is 6.07 Å². The van der Waals surface area contributed by atoms with Gasteiger partial charge in [0.15, 0.2) is 0 Å². The highest BCUT2D eigenvalue weighted by molar-refractivity contribution is 9.10. The Morgan fingerprint density at radius 3 is 2.76 bits per heavy atom. The zero-order chi connectivity index (χ0) is 12.7. The molecule has 0 radical (unpaired) electrons. The molecule has 94 valence electrons. The van der Waals surface area contributed by atoms with Gasteiger partial charge in [0.1, 0.15) is 0 Å². The van der Waals surface area contributed by atoms with E-state index in [0.29, 0.717) is 11.4 Å². The summed E-state index contributed by atoms with van der Waals surface area (Å²) in [5.74, 6) is 0.0551. The quantitative estimate of drug-likeness (QED) is 0.734. The van der Waals surface area contributed by atoms with Gasteiger partial charge in [0.05, 0.1) is 5.02 Å². The van der Waals surface area contributed by atoms with E-state index in [2.05, 4.69) is 28.2 Å². The Morgan fingerprint density at radius 2 is 2.12 bits per heavy atom. The number of hydrogen-bond donors (Lipinski definition) is 1. The summed E-state index contributed by atoms with van der Waals surface area (Å²) in [4.78, 5) is 11.6. The Bertz CT molecular complexity index is 382. The van der Waals surface area contributed by atoms with Gasteiger partial charge in [-0.1, -0.05) is 37.8 Å². The van der Waals surface area contributed by atoms with Crippen molar-refractivity contribution in [1.29, 1.82) is 0 Å². The summed E-state index contributed by atoms with van der Waals surface area (Å²) in [5, 5.41) is 3.45. The summed E-state index contributed by atoms with van der Waals surface area (Å²) >= 11 is 9.25. The first kappa shape index (κ1) is 14.5. The van der Waals surface area contributed by atoms with E-state index in [4.69, 9.17) is 11.6 Å². The molecule has 1 aromatic rings. The molecular weight excluding hydrogens is 302 g/mol. The summed E-state index contributed by atoms with van der Waals surface area (Å²) in [6.45, 7) is 2.16. The highest BCUT2D eigenvalue weighted by Gasteiger charge is 2.04. The van der Waals surface area contributed by atoms with Gasteiger partial charge >= 0.3 is 0 Å². The molecule has 0 aliphatic carbocycles. The van der Waals surface area contributed by atoms with E-state index in [1.165, 1.54) is 12.8 Å². The molecule has 1 aromatic carbocycles. The van der Waals surface area contributed by atoms with Gasteiger partial charge in [-0.05, 0) is 40.5 Å². The van der Waals surface area contributed by atoms with Gasteiger partial charge < -0.3 is 5.32 Å². The van der Waals surface area contributed by atoms with Gasteiger partial charge in [0, 0.05) is 16.6 Å². The third-order valence-electron chi connectivity index (χ3n) is 2.46. The molecule has 0 spiro atoms. The predicted molar refractivity (Wildman–Crippen MR) is 76.5 cm³/mol. The molecule has 0 heterocycles. The number of rotatable bonds is 6. The second kappa shape index (κ2) is 7.72. The summed E-state index contributed by atoms with van der Waals surface area (Å²) < 4.78 is 0.833. The Morgan fingerprint density at radius 1 is 1.35 bits per heavy atom. The van der Waals surface area contributed by atoms with Crippen molar-refractivity contribution >= 4 is 39.1 Å². The second-order valence-corrected chi connectivity index (χ2v) is 5.25. The first-order valence-corrected chi connectivity index (χ1v) is 7.05. The zero-order valence-electron chi connectivity index (χ0n) is 9.93. The van der Waals surface area contributed by atoms with Crippen LogP contribution >= 0.6 is 27.5 Å². The number of benzene rings is 1. The van der Waals surface area contributed by atoms with Crippen LogP contribution in [0.3, 0.4) is 0 Å². The maximum absolute atomic E-state index is 11.6. The van der Waals surface area contributed by atoms with Crippen molar-refractivity contribution in [3.63, 3.8) is 0 Å². The first-order chi connectivity index (χ1) is 8.13. The zero-order valence-corrected chi connectivity index (χ0v) is 12.3. The molecule has 17 heavy (non-hydrogen) atoms. The molecule has 0 unspecified atom stereocenters. The van der Waals surface area contributed by atoms with Crippen LogP contribution in [0.1, 0.15) is 39.0 Å². The first-order valence-electron chi connectivity index (χ1n) is 5.88. The van der Waals surface area contributed by atoms with Crippen LogP contribution in [-0.2, 0) is 4.79 Å². The maximum atomic E-state index is 11.6. The Balaban J connectivity index is 2.37. The minimum Gasteiger partial charge on any atom is -0.326 e. The highest BCUT2D eigenvalue weighted by atomic mass is 79.9. The summed E-state index contributed by atoms with van der Waals surface area (Å²) in [6, 6.07) is 5.41. The molecule has 0 aliphatic rings. The molecule has 0 bridgehead atoms. The van der Waals surface area contributed by atoms with Crippen LogP contribution < -0.4 is 5.32 Å². The summed E-state index contributed by atoms with van der Waals surface area (Å²) in [6.07, 6.45) is 5.02. The topological polar surface area (TPSA) is 29.1 Å². The Hall–Kier alpha value is -0.540. The molecule has 0 atom stereocenters. The fourth-order valence-corrected chi connectivity index (χ4v) is 1.94. The molecule has 4 heteroatoms. The number of nitrogens with one attached hydrogen (secondary N) is 1. The van der Waals surface area contributed by atoms with Crippen molar-refractivity contribution in [2.24, 2.45) is 0 Å². The minimum atomic E-state index is 0.0551. The average Bonchev–Trinajstić information content (AvgIpc) is 2.30. The SMILES string of the molecule is CCCCCCC(=O)Nc1ccc(Br)c(Cl)c1. The van der Waals surface area contributed by atoms with Gasteiger partial charge in [-0.2, -0.15) is 0 Å². The van der Waals surface area contributed by atoms with E-state index in [1.807, 2.05) is 12.1 Å². The van der Waals surface area contributed by atoms with E-state index < -0.39 is 0 Å². The Kier molecular flexibility index (Phi) is 6.60. The largest absolute Gasteiger partial charge is 0.326 e. The summed E-state index contributed by atoms with van der Waals surface area (Å²) in [7, 11) is 0. The molecule has 0 aliphatic heterocycles. The minimum absolute atomic E-state index is 0.0551. The van der Waals surface area contributed by atoms with Crippen LogP contribution in [0, 0.1) is 0 Å². The summed E-state index contributed by atoms with van der Waals surface area (Å²) in [5.41, 5.74) is 0.749. The second-order valence-electron chi connectivity index (χ2n) is 3.99. The highest BCUT2D eigenvalue weighted by Crippen LogP contribution is 2.25. The smallest absolute Gasteiger partial charge is 0.224 e. The lowest BCUT2D eigenvalue weighted by Gasteiger charge is -2.06. The van der Waals surface area contributed by atoms with Gasteiger partial charge in [-0.15, -0.1) is 0 Å². The lowest BCUT2D eigenvalue weighted by Crippen LogP contribution is -2.10. The number of unbranched alkanes of at least 4 members (excludes halogenated alkanes) is 3. The number of halogens is 2. The fourth-order valence-electron chi connectivity index (χ4n) is 1.51. The molecule has 0 aromatic heterocycles. The monoisotopic (exact) mass is 317 g/mol. The van der Waals surface area contributed by atoms with Crippen molar-refractivity contribution < 1.29 is 4.79 Å². The van der Waals surface area contributed by atoms with Gasteiger partial charge in [-0.3, -0.25) is 4.79 Å². The lowest BCUT2D eigenvalue weighted by molar-refractivity contribution is -0.116.